The second-order valence-corrected chi connectivity index (χ2v) is 3.00. The van der Waals surface area contributed by atoms with Gasteiger partial charge in [-0.3, -0.25) is 4.79 Å². The Balaban J connectivity index is 2.47. The van der Waals surface area contributed by atoms with Gasteiger partial charge in [0.05, 0.1) is 5.56 Å². The largest absolute Gasteiger partial charge is 0.507 e. The monoisotopic (exact) mass is 194 g/mol. The normalized spacial score (nSPS) is 12.9. The number of carbonyl (C=O) groups excluding carboxylic acids is 1. The van der Waals surface area contributed by atoms with E-state index in [1.165, 1.54) is 12.1 Å². The summed E-state index contributed by atoms with van der Waals surface area (Å²) in [6, 6.07) is 2.93. The van der Waals surface area contributed by atoms with Gasteiger partial charge in [-0.25, -0.2) is 0 Å². The zero-order valence-corrected chi connectivity index (χ0v) is 7.74. The van der Waals surface area contributed by atoms with Gasteiger partial charge in [-0.2, -0.15) is 0 Å². The van der Waals surface area contributed by atoms with E-state index in [1.807, 2.05) is 0 Å². The number of aromatic hydroxyl groups is 1. The van der Waals surface area contributed by atoms with Crippen LogP contribution in [0.3, 0.4) is 0 Å². The minimum absolute atomic E-state index is 0.0545. The average Bonchev–Trinajstić information content (AvgIpc) is 2.62. The summed E-state index contributed by atoms with van der Waals surface area (Å²) in [5, 5.41) is 9.52. The molecule has 0 radical (unpaired) electrons. The number of Topliss-reactive ketones (excluding diaryl/α,β-unsaturated/α-hetero) is 1. The summed E-state index contributed by atoms with van der Waals surface area (Å²) in [7, 11) is 0. The predicted octanol–water partition coefficient (Wildman–Crippen LogP) is 1.71. The molecule has 1 aromatic carbocycles. The summed E-state index contributed by atoms with van der Waals surface area (Å²) in [6.45, 7) is 1.88. The molecule has 0 saturated heterocycles. The van der Waals surface area contributed by atoms with Gasteiger partial charge in [0.15, 0.2) is 17.3 Å². The van der Waals surface area contributed by atoms with Crippen LogP contribution in [-0.2, 0) is 0 Å². The summed E-state index contributed by atoms with van der Waals surface area (Å²) < 4.78 is 10.2. The Bertz CT molecular complexity index is 384. The Morgan fingerprint density at radius 2 is 2.07 bits per heavy atom. The van der Waals surface area contributed by atoms with E-state index in [2.05, 4.69) is 0 Å². The predicted molar refractivity (Wildman–Crippen MR) is 48.9 cm³/mol. The third-order valence-electron chi connectivity index (χ3n) is 2.11. The molecule has 0 spiro atoms. The smallest absolute Gasteiger partial charge is 0.231 e. The van der Waals surface area contributed by atoms with Crippen LogP contribution in [0, 0.1) is 0 Å². The van der Waals surface area contributed by atoms with E-state index in [0.29, 0.717) is 17.9 Å². The highest BCUT2D eigenvalue weighted by molar-refractivity contribution is 5.99. The molecular weight excluding hydrogens is 184 g/mol. The molecule has 0 amide bonds. The van der Waals surface area contributed by atoms with Crippen LogP contribution in [0.15, 0.2) is 12.1 Å². The van der Waals surface area contributed by atoms with Crippen molar-refractivity contribution in [2.24, 2.45) is 0 Å². The minimum Gasteiger partial charge on any atom is -0.507 e. The first-order valence-corrected chi connectivity index (χ1v) is 4.38. The van der Waals surface area contributed by atoms with Crippen LogP contribution in [0.1, 0.15) is 23.7 Å². The number of hydrogen-bond donors (Lipinski definition) is 1. The van der Waals surface area contributed by atoms with E-state index in [-0.39, 0.29) is 23.9 Å². The molecule has 0 aliphatic carbocycles. The molecule has 1 N–H and O–H groups in total. The fourth-order valence-electron chi connectivity index (χ4n) is 1.35. The first-order valence-electron chi connectivity index (χ1n) is 4.38. The number of hydrogen-bond acceptors (Lipinski definition) is 4. The van der Waals surface area contributed by atoms with E-state index in [9.17, 15) is 9.90 Å². The summed E-state index contributed by atoms with van der Waals surface area (Å²) in [4.78, 5) is 11.4. The lowest BCUT2D eigenvalue weighted by Crippen LogP contribution is -1.97. The van der Waals surface area contributed by atoms with Crippen molar-refractivity contribution in [2.75, 3.05) is 6.79 Å². The van der Waals surface area contributed by atoms with E-state index in [0.717, 1.165) is 0 Å². The molecule has 74 valence electrons. The third kappa shape index (κ3) is 1.28. The summed E-state index contributed by atoms with van der Waals surface area (Å²) in [5.74, 6) is 0.830. The van der Waals surface area contributed by atoms with Gasteiger partial charge in [-0.1, -0.05) is 6.92 Å². The van der Waals surface area contributed by atoms with E-state index in [1.54, 1.807) is 6.92 Å². The molecule has 1 aliphatic heterocycles. The molecule has 0 atom stereocenters. The second kappa shape index (κ2) is 3.21. The molecular formula is C10H10O4. The van der Waals surface area contributed by atoms with Crippen LogP contribution in [0.4, 0.5) is 0 Å². The third-order valence-corrected chi connectivity index (χ3v) is 2.11. The zero-order chi connectivity index (χ0) is 10.1. The van der Waals surface area contributed by atoms with Gasteiger partial charge >= 0.3 is 0 Å². The van der Waals surface area contributed by atoms with Gasteiger partial charge in [0.25, 0.3) is 0 Å². The Morgan fingerprint density at radius 3 is 2.71 bits per heavy atom. The Kier molecular flexibility index (Phi) is 2.04. The average molecular weight is 194 g/mol. The van der Waals surface area contributed by atoms with Crippen molar-refractivity contribution in [3.05, 3.63) is 17.7 Å². The Morgan fingerprint density at radius 1 is 1.43 bits per heavy atom. The molecule has 0 aromatic heterocycles. The lowest BCUT2D eigenvalue weighted by molar-refractivity contribution is 0.0985. The lowest BCUT2D eigenvalue weighted by atomic mass is 10.1. The number of ether oxygens (including phenoxy) is 2. The highest BCUT2D eigenvalue weighted by Gasteiger charge is 2.19. The number of ketones is 1. The standard InChI is InChI=1S/C10H10O4/c1-2-7(11)6-3-9-10(4-8(6)12)14-5-13-9/h3-4,12H,2,5H2,1H3. The van der Waals surface area contributed by atoms with E-state index >= 15 is 0 Å². The molecule has 4 nitrogen and oxygen atoms in total. The van der Waals surface area contributed by atoms with Gasteiger partial charge in [0.1, 0.15) is 5.75 Å². The van der Waals surface area contributed by atoms with Crippen LogP contribution in [0.2, 0.25) is 0 Å². The molecule has 4 heteroatoms. The van der Waals surface area contributed by atoms with Gasteiger partial charge < -0.3 is 14.6 Å². The van der Waals surface area contributed by atoms with Crippen LogP contribution < -0.4 is 9.47 Å². The molecule has 1 heterocycles. The molecule has 1 aliphatic rings. The number of benzene rings is 1. The van der Waals surface area contributed by atoms with Gasteiger partial charge in [0.2, 0.25) is 6.79 Å². The van der Waals surface area contributed by atoms with Crippen LogP contribution in [0.25, 0.3) is 0 Å². The maximum atomic E-state index is 11.4. The van der Waals surface area contributed by atoms with Gasteiger partial charge in [-0.05, 0) is 6.07 Å². The van der Waals surface area contributed by atoms with E-state index < -0.39 is 0 Å². The quantitative estimate of drug-likeness (QED) is 0.728. The van der Waals surface area contributed by atoms with Crippen molar-refractivity contribution in [1.29, 1.82) is 0 Å². The van der Waals surface area contributed by atoms with Crippen molar-refractivity contribution in [3.63, 3.8) is 0 Å². The van der Waals surface area contributed by atoms with Crippen molar-refractivity contribution < 1.29 is 19.4 Å². The summed E-state index contributed by atoms with van der Waals surface area (Å²) in [6.07, 6.45) is 0.354. The number of rotatable bonds is 2. The van der Waals surface area contributed by atoms with Crippen molar-refractivity contribution in [1.82, 2.24) is 0 Å². The van der Waals surface area contributed by atoms with Gasteiger partial charge in [0, 0.05) is 12.5 Å². The van der Waals surface area contributed by atoms with Crippen molar-refractivity contribution in [3.8, 4) is 17.2 Å². The number of fused-ring (bicyclic) bond motifs is 1. The fraction of sp³-hybridized carbons (Fsp3) is 0.300. The highest BCUT2D eigenvalue weighted by Crippen LogP contribution is 2.37. The van der Waals surface area contributed by atoms with Crippen LogP contribution in [-0.4, -0.2) is 17.7 Å². The van der Waals surface area contributed by atoms with Gasteiger partial charge in [-0.15, -0.1) is 0 Å². The Labute approximate surface area is 81.1 Å². The highest BCUT2D eigenvalue weighted by atomic mass is 16.7. The fourth-order valence-corrected chi connectivity index (χ4v) is 1.35. The summed E-state index contributed by atoms with van der Waals surface area (Å²) in [5.41, 5.74) is 0.289. The molecule has 2 rings (SSSR count). The SMILES string of the molecule is CCC(=O)c1cc2c(cc1O)OCO2. The van der Waals surface area contributed by atoms with Crippen molar-refractivity contribution >= 4 is 5.78 Å². The maximum absolute atomic E-state index is 11.4. The summed E-state index contributed by atoms with van der Waals surface area (Å²) >= 11 is 0. The number of phenols is 1. The number of carbonyl (C=O) groups is 1. The molecule has 1 aromatic rings. The molecule has 0 unspecified atom stereocenters. The zero-order valence-electron chi connectivity index (χ0n) is 7.74. The second-order valence-electron chi connectivity index (χ2n) is 3.00. The maximum Gasteiger partial charge on any atom is 0.231 e. The Hall–Kier alpha value is -1.71. The van der Waals surface area contributed by atoms with Crippen LogP contribution >= 0.6 is 0 Å². The minimum atomic E-state index is -0.110. The first kappa shape index (κ1) is 8.87. The molecule has 14 heavy (non-hydrogen) atoms. The lowest BCUT2D eigenvalue weighted by Gasteiger charge is -2.03. The topological polar surface area (TPSA) is 55.8 Å². The first-order chi connectivity index (χ1) is 6.72. The molecule has 0 fully saturated rings. The number of phenolic OH excluding ortho intramolecular Hbond substituents is 1. The van der Waals surface area contributed by atoms with Crippen molar-refractivity contribution in [2.45, 2.75) is 13.3 Å². The van der Waals surface area contributed by atoms with E-state index in [4.69, 9.17) is 9.47 Å². The van der Waals surface area contributed by atoms with Crippen LogP contribution in [0.5, 0.6) is 17.2 Å². The molecule has 0 saturated carbocycles. The molecule has 0 bridgehead atoms.